The third kappa shape index (κ3) is 3.02. The molecule has 1 fully saturated rings. The summed E-state index contributed by atoms with van der Waals surface area (Å²) in [6.07, 6.45) is 1.50. The molecule has 1 saturated heterocycles. The van der Waals surface area contributed by atoms with Crippen molar-refractivity contribution in [2.24, 2.45) is 0 Å². The van der Waals surface area contributed by atoms with Crippen molar-refractivity contribution in [3.63, 3.8) is 0 Å². The van der Waals surface area contributed by atoms with Crippen LogP contribution >= 0.6 is 0 Å². The van der Waals surface area contributed by atoms with E-state index in [4.69, 9.17) is 4.74 Å². The number of nitrogens with zero attached hydrogens (tertiary/aromatic N) is 1. The van der Waals surface area contributed by atoms with E-state index in [1.807, 2.05) is 0 Å². The van der Waals surface area contributed by atoms with Crippen molar-refractivity contribution in [2.75, 3.05) is 20.8 Å². The van der Waals surface area contributed by atoms with Gasteiger partial charge in [-0.2, -0.15) is 0 Å². The van der Waals surface area contributed by atoms with E-state index in [0.29, 0.717) is 11.3 Å². The smallest absolute Gasteiger partial charge is 0.329 e. The number of para-hydroxylation sites is 1. The maximum Gasteiger partial charge on any atom is 0.329 e. The monoisotopic (exact) mass is 290 g/mol. The molecule has 2 rings (SSSR count). The average molecular weight is 290 g/mol. The van der Waals surface area contributed by atoms with Crippen LogP contribution < -0.4 is 10.1 Å². The van der Waals surface area contributed by atoms with Crippen LogP contribution in [0.25, 0.3) is 6.08 Å². The number of imide groups is 1. The molecule has 0 aliphatic carbocycles. The van der Waals surface area contributed by atoms with Gasteiger partial charge in [-0.05, 0) is 12.1 Å². The van der Waals surface area contributed by atoms with E-state index in [-0.39, 0.29) is 5.70 Å². The van der Waals surface area contributed by atoms with Gasteiger partial charge in [0.1, 0.15) is 18.0 Å². The summed E-state index contributed by atoms with van der Waals surface area (Å²) in [5.41, 5.74) is 0.719. The minimum absolute atomic E-state index is 0.0772. The number of benzene rings is 1. The quantitative estimate of drug-likeness (QED) is 0.503. The molecule has 1 aliphatic rings. The number of methoxy groups -OCH3 is 2. The van der Waals surface area contributed by atoms with Crippen LogP contribution in [0.4, 0.5) is 4.79 Å². The Morgan fingerprint density at radius 2 is 2.00 bits per heavy atom. The molecule has 3 amide bonds. The lowest BCUT2D eigenvalue weighted by atomic mass is 10.1. The normalized spacial score (nSPS) is 16.1. The highest BCUT2D eigenvalue weighted by molar-refractivity contribution is 6.15. The van der Waals surface area contributed by atoms with Gasteiger partial charge in [0.15, 0.2) is 0 Å². The number of carbonyl (C=O) groups is 3. The third-order valence-corrected chi connectivity index (χ3v) is 2.92. The Kier molecular flexibility index (Phi) is 4.22. The van der Waals surface area contributed by atoms with Crippen LogP contribution in [0.15, 0.2) is 30.0 Å². The lowest BCUT2D eigenvalue weighted by molar-refractivity contribution is -0.143. The highest BCUT2D eigenvalue weighted by Crippen LogP contribution is 2.22. The topological polar surface area (TPSA) is 84.9 Å². The zero-order valence-electron chi connectivity index (χ0n) is 11.6. The molecular formula is C14H14N2O5. The van der Waals surface area contributed by atoms with E-state index in [2.05, 4.69) is 10.1 Å². The number of urea groups is 1. The Balaban J connectivity index is 2.26. The van der Waals surface area contributed by atoms with Gasteiger partial charge in [-0.3, -0.25) is 9.59 Å². The Morgan fingerprint density at radius 1 is 1.29 bits per heavy atom. The number of hydrogen-bond donors (Lipinski definition) is 1. The number of rotatable bonds is 4. The first-order valence-corrected chi connectivity index (χ1v) is 6.11. The summed E-state index contributed by atoms with van der Waals surface area (Å²) in [4.78, 5) is 35.8. The summed E-state index contributed by atoms with van der Waals surface area (Å²) in [6, 6.07) is 6.39. The van der Waals surface area contributed by atoms with E-state index in [9.17, 15) is 14.4 Å². The van der Waals surface area contributed by atoms with Gasteiger partial charge in [0.2, 0.25) is 0 Å². The highest BCUT2D eigenvalue weighted by atomic mass is 16.5. The van der Waals surface area contributed by atoms with E-state index in [1.165, 1.54) is 20.3 Å². The Labute approximate surface area is 121 Å². The van der Waals surface area contributed by atoms with E-state index >= 15 is 0 Å². The van der Waals surface area contributed by atoms with Crippen molar-refractivity contribution >= 4 is 24.0 Å². The Hall–Kier alpha value is -2.83. The lowest BCUT2D eigenvalue weighted by Crippen LogP contribution is -2.36. The van der Waals surface area contributed by atoms with Gasteiger partial charge < -0.3 is 14.8 Å². The zero-order chi connectivity index (χ0) is 15.4. The van der Waals surface area contributed by atoms with Crippen molar-refractivity contribution in [2.45, 2.75) is 0 Å². The molecule has 0 bridgehead atoms. The summed E-state index contributed by atoms with van der Waals surface area (Å²) in [5.74, 6) is -0.688. The first-order chi connectivity index (χ1) is 10.1. The minimum Gasteiger partial charge on any atom is -0.496 e. The molecule has 0 saturated carbocycles. The largest absolute Gasteiger partial charge is 0.496 e. The van der Waals surface area contributed by atoms with Crippen LogP contribution in [0.1, 0.15) is 5.56 Å². The first kappa shape index (κ1) is 14.6. The van der Waals surface area contributed by atoms with Crippen LogP contribution in [-0.2, 0) is 14.3 Å². The molecule has 0 atom stereocenters. The number of ether oxygens (including phenoxy) is 2. The highest BCUT2D eigenvalue weighted by Gasteiger charge is 2.35. The molecule has 1 N–H and O–H groups in total. The zero-order valence-corrected chi connectivity index (χ0v) is 11.6. The van der Waals surface area contributed by atoms with Gasteiger partial charge in [0.05, 0.1) is 14.2 Å². The van der Waals surface area contributed by atoms with Crippen LogP contribution in [0.5, 0.6) is 5.75 Å². The van der Waals surface area contributed by atoms with Gasteiger partial charge in [-0.15, -0.1) is 0 Å². The molecule has 21 heavy (non-hydrogen) atoms. The van der Waals surface area contributed by atoms with Gasteiger partial charge >= 0.3 is 12.0 Å². The molecular weight excluding hydrogens is 276 g/mol. The van der Waals surface area contributed by atoms with Gasteiger partial charge in [0, 0.05) is 5.56 Å². The molecule has 7 nitrogen and oxygen atoms in total. The maximum atomic E-state index is 12.1. The molecule has 0 unspecified atom stereocenters. The van der Waals surface area contributed by atoms with Gasteiger partial charge in [0.25, 0.3) is 5.91 Å². The molecule has 1 aromatic carbocycles. The maximum absolute atomic E-state index is 12.1. The van der Waals surface area contributed by atoms with Crippen LogP contribution in [-0.4, -0.2) is 43.6 Å². The molecule has 7 heteroatoms. The molecule has 110 valence electrons. The second kappa shape index (κ2) is 6.08. The molecule has 0 radical (unpaired) electrons. The molecule has 1 heterocycles. The fourth-order valence-corrected chi connectivity index (χ4v) is 1.85. The predicted octanol–water partition coefficient (Wildman–Crippen LogP) is 0.761. The Bertz CT molecular complexity index is 624. The van der Waals surface area contributed by atoms with Crippen LogP contribution in [0.2, 0.25) is 0 Å². The third-order valence-electron chi connectivity index (χ3n) is 2.92. The number of carbonyl (C=O) groups excluding carboxylic acids is 3. The number of amides is 3. The lowest BCUT2D eigenvalue weighted by Gasteiger charge is -2.09. The second-order valence-electron chi connectivity index (χ2n) is 4.20. The van der Waals surface area contributed by atoms with Crippen LogP contribution in [0.3, 0.4) is 0 Å². The summed E-state index contributed by atoms with van der Waals surface area (Å²) in [7, 11) is 2.70. The van der Waals surface area contributed by atoms with Crippen molar-refractivity contribution in [1.29, 1.82) is 0 Å². The Morgan fingerprint density at radius 3 is 2.67 bits per heavy atom. The fourth-order valence-electron chi connectivity index (χ4n) is 1.85. The van der Waals surface area contributed by atoms with Gasteiger partial charge in [-0.25, -0.2) is 9.69 Å². The SMILES string of the molecule is COC(=O)CN1C(=O)N/C(=C\c2ccccc2OC)C1=O. The first-order valence-electron chi connectivity index (χ1n) is 6.11. The van der Waals surface area contributed by atoms with Crippen molar-refractivity contribution in [3.8, 4) is 5.75 Å². The summed E-state index contributed by atoms with van der Waals surface area (Å²) in [5, 5.41) is 2.42. The summed E-state index contributed by atoms with van der Waals surface area (Å²) in [6.45, 7) is -0.426. The van der Waals surface area contributed by atoms with Crippen LogP contribution in [0, 0.1) is 0 Å². The standard InChI is InChI=1S/C14H14N2O5/c1-20-11-6-4-3-5-9(11)7-10-13(18)16(14(19)15-10)8-12(17)21-2/h3-7H,8H2,1-2H3,(H,15,19)/b10-7-. The minimum atomic E-state index is -0.669. The van der Waals surface area contributed by atoms with Crippen molar-refractivity contribution < 1.29 is 23.9 Å². The molecule has 1 aromatic rings. The average Bonchev–Trinajstić information content (AvgIpc) is 2.75. The summed E-state index contributed by atoms with van der Waals surface area (Å²) < 4.78 is 9.62. The van der Waals surface area contributed by atoms with Crippen molar-refractivity contribution in [3.05, 3.63) is 35.5 Å². The predicted molar refractivity (Wildman–Crippen MR) is 73.2 cm³/mol. The molecule has 0 spiro atoms. The second-order valence-corrected chi connectivity index (χ2v) is 4.20. The fraction of sp³-hybridized carbons (Fsp3) is 0.214. The van der Waals surface area contributed by atoms with Gasteiger partial charge in [-0.1, -0.05) is 18.2 Å². The number of hydrogen-bond acceptors (Lipinski definition) is 5. The number of esters is 1. The van der Waals surface area contributed by atoms with E-state index in [0.717, 1.165) is 4.90 Å². The van der Waals surface area contributed by atoms with E-state index in [1.54, 1.807) is 24.3 Å². The molecule has 1 aliphatic heterocycles. The van der Waals surface area contributed by atoms with Crippen molar-refractivity contribution in [1.82, 2.24) is 10.2 Å². The number of nitrogens with one attached hydrogen (secondary N) is 1. The summed E-state index contributed by atoms with van der Waals surface area (Å²) >= 11 is 0. The molecule has 0 aromatic heterocycles. The van der Waals surface area contributed by atoms with E-state index < -0.39 is 24.5 Å².